The van der Waals surface area contributed by atoms with Gasteiger partial charge in [0.2, 0.25) is 5.91 Å². The van der Waals surface area contributed by atoms with Crippen molar-refractivity contribution in [1.29, 1.82) is 0 Å². The van der Waals surface area contributed by atoms with Gasteiger partial charge in [-0.05, 0) is 24.3 Å². The lowest BCUT2D eigenvalue weighted by Crippen LogP contribution is -2.31. The molecule has 6 N–H and O–H groups in total. The molecule has 0 saturated carbocycles. The number of aromatic nitrogens is 4. The number of fused-ring (bicyclic) bond motifs is 1. The Morgan fingerprint density at radius 3 is 2.63 bits per heavy atom. The molecule has 11 heteroatoms. The molecule has 0 saturated heterocycles. The molecule has 0 aliphatic heterocycles. The highest BCUT2D eigenvalue weighted by atomic mass is 16.2. The molecule has 0 spiro atoms. The van der Waals surface area contributed by atoms with Crippen molar-refractivity contribution in [3.8, 4) is 0 Å². The molecule has 0 aliphatic rings. The minimum Gasteiger partial charge on any atom is -0.370 e. The quantitative estimate of drug-likeness (QED) is 0.427. The Bertz CT molecular complexity index is 1000. The number of hydrogen-bond acceptors (Lipinski definition) is 6. The molecule has 0 aliphatic carbocycles. The van der Waals surface area contributed by atoms with Crippen molar-refractivity contribution in [2.24, 2.45) is 5.73 Å². The molecular weight excluding hydrogens is 352 g/mol. The van der Waals surface area contributed by atoms with Gasteiger partial charge in [0.1, 0.15) is 11.0 Å². The minimum absolute atomic E-state index is 0.0457. The van der Waals surface area contributed by atoms with Gasteiger partial charge < -0.3 is 21.7 Å². The van der Waals surface area contributed by atoms with Gasteiger partial charge in [-0.15, -0.1) is 0 Å². The molecule has 0 unspecified atom stereocenters. The second-order valence-electron chi connectivity index (χ2n) is 5.48. The van der Waals surface area contributed by atoms with Crippen LogP contribution < -0.4 is 21.7 Å². The summed E-state index contributed by atoms with van der Waals surface area (Å²) in [5, 5.41) is 18.1. The van der Waals surface area contributed by atoms with E-state index in [4.69, 9.17) is 5.73 Å². The number of nitrogens with two attached hydrogens (primary N) is 1. The van der Waals surface area contributed by atoms with Crippen LogP contribution in [0.3, 0.4) is 0 Å². The first-order valence-electron chi connectivity index (χ1n) is 7.93. The molecule has 4 amide bonds. The molecule has 27 heavy (non-hydrogen) atoms. The number of carbonyl (C=O) groups excluding carboxylic acids is 3. The van der Waals surface area contributed by atoms with Crippen molar-refractivity contribution in [2.45, 2.75) is 6.42 Å². The number of hydrogen-bond donors (Lipinski definition) is 5. The summed E-state index contributed by atoms with van der Waals surface area (Å²) in [6.45, 7) is 0.130. The summed E-state index contributed by atoms with van der Waals surface area (Å²) in [5.41, 5.74) is 6.93. The van der Waals surface area contributed by atoms with E-state index in [1.165, 1.54) is 6.20 Å². The first-order valence-corrected chi connectivity index (χ1v) is 7.93. The first-order chi connectivity index (χ1) is 13.0. The standard InChI is InChI=1S/C16H16N8O3/c17-12(25)5-7-19-16(27)21-10-3-1-2-9(8-10)20-15(26)14-13-11(4-6-18-14)22-24-23-13/h1-4,6,8H,5,7H2,(H2,17,25)(H,20,26)(H2,19,21,27)(H,22,23,24). The summed E-state index contributed by atoms with van der Waals surface area (Å²) < 4.78 is 0. The zero-order chi connectivity index (χ0) is 19.2. The van der Waals surface area contributed by atoms with Gasteiger partial charge >= 0.3 is 6.03 Å². The fourth-order valence-electron chi connectivity index (χ4n) is 2.28. The Hall–Kier alpha value is -4.02. The summed E-state index contributed by atoms with van der Waals surface area (Å²) >= 11 is 0. The zero-order valence-electron chi connectivity index (χ0n) is 14.0. The predicted molar refractivity (Wildman–Crippen MR) is 96.9 cm³/mol. The Kier molecular flexibility index (Phi) is 5.21. The molecule has 3 aromatic rings. The number of aromatic amines is 1. The number of pyridine rings is 1. The van der Waals surface area contributed by atoms with Crippen LogP contribution in [0.5, 0.6) is 0 Å². The Balaban J connectivity index is 1.65. The number of H-pyrrole nitrogens is 1. The van der Waals surface area contributed by atoms with Gasteiger partial charge in [0.05, 0.1) is 0 Å². The SMILES string of the molecule is NC(=O)CCNC(=O)Nc1cccc(NC(=O)c2nccc3n[nH]nc23)c1. The fraction of sp³-hybridized carbons (Fsp3) is 0.125. The summed E-state index contributed by atoms with van der Waals surface area (Å²) in [5.74, 6) is -0.965. The Morgan fingerprint density at radius 2 is 1.85 bits per heavy atom. The predicted octanol–water partition coefficient (Wildman–Crippen LogP) is 0.602. The number of nitrogens with zero attached hydrogens (tertiary/aromatic N) is 3. The van der Waals surface area contributed by atoms with E-state index in [0.717, 1.165) is 0 Å². The van der Waals surface area contributed by atoms with Gasteiger partial charge in [0, 0.05) is 30.5 Å². The maximum absolute atomic E-state index is 12.5. The van der Waals surface area contributed by atoms with E-state index < -0.39 is 17.8 Å². The van der Waals surface area contributed by atoms with E-state index in [1.54, 1.807) is 30.3 Å². The lowest BCUT2D eigenvalue weighted by atomic mass is 10.2. The number of anilines is 2. The molecule has 0 atom stereocenters. The highest BCUT2D eigenvalue weighted by molar-refractivity contribution is 6.09. The zero-order valence-corrected chi connectivity index (χ0v) is 14.0. The molecule has 2 heterocycles. The van der Waals surface area contributed by atoms with Crippen LogP contribution in [0.2, 0.25) is 0 Å². The van der Waals surface area contributed by atoms with Crippen LogP contribution in [0.25, 0.3) is 11.0 Å². The van der Waals surface area contributed by atoms with E-state index in [9.17, 15) is 14.4 Å². The van der Waals surface area contributed by atoms with Crippen molar-refractivity contribution < 1.29 is 14.4 Å². The molecule has 0 radical (unpaired) electrons. The highest BCUT2D eigenvalue weighted by Gasteiger charge is 2.15. The monoisotopic (exact) mass is 368 g/mol. The number of nitrogens with one attached hydrogen (secondary N) is 4. The average molecular weight is 368 g/mol. The molecule has 138 valence electrons. The molecule has 0 fully saturated rings. The lowest BCUT2D eigenvalue weighted by molar-refractivity contribution is -0.117. The maximum atomic E-state index is 12.5. The van der Waals surface area contributed by atoms with Crippen molar-refractivity contribution in [1.82, 2.24) is 25.7 Å². The molecule has 2 aromatic heterocycles. The van der Waals surface area contributed by atoms with Crippen LogP contribution in [-0.4, -0.2) is 44.8 Å². The second kappa shape index (κ2) is 7.91. The van der Waals surface area contributed by atoms with E-state index in [0.29, 0.717) is 22.4 Å². The third-order valence-corrected chi connectivity index (χ3v) is 3.49. The second-order valence-corrected chi connectivity index (χ2v) is 5.48. The van der Waals surface area contributed by atoms with Crippen LogP contribution in [-0.2, 0) is 4.79 Å². The van der Waals surface area contributed by atoms with Crippen molar-refractivity contribution in [2.75, 3.05) is 17.2 Å². The third-order valence-electron chi connectivity index (χ3n) is 3.49. The van der Waals surface area contributed by atoms with Gasteiger partial charge in [-0.25, -0.2) is 9.78 Å². The van der Waals surface area contributed by atoms with Crippen LogP contribution in [0.15, 0.2) is 36.5 Å². The molecule has 0 bridgehead atoms. The smallest absolute Gasteiger partial charge is 0.319 e. The number of primary amides is 1. The van der Waals surface area contributed by atoms with Crippen LogP contribution >= 0.6 is 0 Å². The van der Waals surface area contributed by atoms with Gasteiger partial charge in [-0.3, -0.25) is 9.59 Å². The number of benzene rings is 1. The van der Waals surface area contributed by atoms with Crippen LogP contribution in [0.4, 0.5) is 16.2 Å². The lowest BCUT2D eigenvalue weighted by Gasteiger charge is -2.09. The summed E-state index contributed by atoms with van der Waals surface area (Å²) in [6, 6.07) is 7.70. The minimum atomic E-state index is -0.504. The van der Waals surface area contributed by atoms with E-state index >= 15 is 0 Å². The third kappa shape index (κ3) is 4.54. The summed E-state index contributed by atoms with van der Waals surface area (Å²) in [7, 11) is 0. The van der Waals surface area contributed by atoms with Gasteiger partial charge in [-0.2, -0.15) is 15.4 Å². The normalized spacial score (nSPS) is 10.4. The van der Waals surface area contributed by atoms with Crippen molar-refractivity contribution in [3.05, 3.63) is 42.2 Å². The van der Waals surface area contributed by atoms with Gasteiger partial charge in [0.15, 0.2) is 5.69 Å². The molecule has 1 aromatic carbocycles. The van der Waals surface area contributed by atoms with E-state index in [-0.39, 0.29) is 18.7 Å². The Labute approximate surface area is 152 Å². The number of rotatable bonds is 6. The first kappa shape index (κ1) is 17.8. The fourth-order valence-corrected chi connectivity index (χ4v) is 2.28. The van der Waals surface area contributed by atoms with Crippen LogP contribution in [0, 0.1) is 0 Å². The van der Waals surface area contributed by atoms with Crippen molar-refractivity contribution >= 4 is 40.3 Å². The number of amides is 4. The largest absolute Gasteiger partial charge is 0.370 e. The summed E-state index contributed by atoms with van der Waals surface area (Å²) in [4.78, 5) is 38.9. The maximum Gasteiger partial charge on any atom is 0.319 e. The number of urea groups is 1. The molecule has 11 nitrogen and oxygen atoms in total. The van der Waals surface area contributed by atoms with E-state index in [2.05, 4.69) is 36.3 Å². The number of carbonyl (C=O) groups is 3. The van der Waals surface area contributed by atoms with Crippen molar-refractivity contribution in [3.63, 3.8) is 0 Å². The van der Waals surface area contributed by atoms with E-state index in [1.807, 2.05) is 0 Å². The molecular formula is C16H16N8O3. The van der Waals surface area contributed by atoms with Gasteiger partial charge in [0.25, 0.3) is 5.91 Å². The highest BCUT2D eigenvalue weighted by Crippen LogP contribution is 2.17. The Morgan fingerprint density at radius 1 is 1.07 bits per heavy atom. The topological polar surface area (TPSA) is 168 Å². The average Bonchev–Trinajstić information content (AvgIpc) is 3.10. The molecule has 3 rings (SSSR count). The summed E-state index contributed by atoms with van der Waals surface area (Å²) in [6.07, 6.45) is 1.51. The van der Waals surface area contributed by atoms with Gasteiger partial charge in [-0.1, -0.05) is 6.07 Å². The van der Waals surface area contributed by atoms with Crippen LogP contribution in [0.1, 0.15) is 16.9 Å².